The molecule has 0 heterocycles. The predicted molar refractivity (Wildman–Crippen MR) is 88.7 cm³/mol. The zero-order valence-corrected chi connectivity index (χ0v) is 13.4. The molecule has 2 rings (SSSR count). The van der Waals surface area contributed by atoms with Gasteiger partial charge >= 0.3 is 0 Å². The number of carbonyl (C=O) groups excluding carboxylic acids is 1. The molecule has 0 aliphatic rings. The van der Waals surface area contributed by atoms with Gasteiger partial charge in [0.1, 0.15) is 10.9 Å². The number of hydrogen-bond donors (Lipinski definition) is 1. The second-order valence-electron chi connectivity index (χ2n) is 4.64. The lowest BCUT2D eigenvalue weighted by Crippen LogP contribution is -2.25. The summed E-state index contributed by atoms with van der Waals surface area (Å²) >= 11 is 3.49. The molecule has 0 saturated heterocycles. The van der Waals surface area contributed by atoms with Crippen molar-refractivity contribution < 1.29 is 9.53 Å². The van der Waals surface area contributed by atoms with Crippen LogP contribution in [0.1, 0.15) is 28.9 Å². The maximum atomic E-state index is 12.6. The number of nitrogen functional groups attached to an aromatic ring is 1. The van der Waals surface area contributed by atoms with E-state index in [0.29, 0.717) is 17.9 Å². The normalized spacial score (nSPS) is 13.6. The van der Waals surface area contributed by atoms with E-state index < -0.39 is 4.83 Å². The van der Waals surface area contributed by atoms with Crippen molar-refractivity contribution in [1.29, 1.82) is 0 Å². The molecule has 0 bridgehead atoms. The Hall–Kier alpha value is -1.65. The van der Waals surface area contributed by atoms with Gasteiger partial charge in [-0.05, 0) is 24.6 Å². The van der Waals surface area contributed by atoms with Crippen molar-refractivity contribution in [2.24, 2.45) is 0 Å². The van der Waals surface area contributed by atoms with Gasteiger partial charge in [0.05, 0.1) is 0 Å². The molecule has 0 saturated carbocycles. The van der Waals surface area contributed by atoms with Crippen LogP contribution in [0.25, 0.3) is 0 Å². The van der Waals surface area contributed by atoms with Crippen LogP contribution in [0, 0.1) is 0 Å². The van der Waals surface area contributed by atoms with E-state index in [2.05, 4.69) is 15.9 Å². The molecule has 2 aromatic rings. The fraction of sp³-hybridized carbons (Fsp3) is 0.235. The Balaban J connectivity index is 2.29. The summed E-state index contributed by atoms with van der Waals surface area (Å²) in [4.78, 5) is 12.2. The van der Waals surface area contributed by atoms with Crippen LogP contribution in [0.5, 0.6) is 0 Å². The number of alkyl halides is 1. The number of rotatable bonds is 6. The first-order valence-electron chi connectivity index (χ1n) is 6.84. The molecule has 2 unspecified atom stereocenters. The van der Waals surface area contributed by atoms with Gasteiger partial charge in [0, 0.05) is 17.9 Å². The van der Waals surface area contributed by atoms with Gasteiger partial charge in [-0.3, -0.25) is 4.79 Å². The highest BCUT2D eigenvalue weighted by Gasteiger charge is 2.29. The first-order valence-corrected chi connectivity index (χ1v) is 7.76. The molecule has 110 valence electrons. The molecule has 0 fully saturated rings. The largest absolute Gasteiger partial charge is 0.398 e. The van der Waals surface area contributed by atoms with Crippen LogP contribution in [-0.2, 0) is 4.74 Å². The van der Waals surface area contributed by atoms with Crippen LogP contribution >= 0.6 is 15.9 Å². The zero-order chi connectivity index (χ0) is 15.2. The zero-order valence-electron chi connectivity index (χ0n) is 11.8. The Labute approximate surface area is 133 Å². The van der Waals surface area contributed by atoms with E-state index >= 15 is 0 Å². The van der Waals surface area contributed by atoms with Gasteiger partial charge in [-0.25, -0.2) is 0 Å². The van der Waals surface area contributed by atoms with Crippen molar-refractivity contribution in [3.63, 3.8) is 0 Å². The maximum Gasteiger partial charge on any atom is 0.181 e. The number of nitrogens with two attached hydrogens (primary N) is 1. The third-order valence-electron chi connectivity index (χ3n) is 3.22. The highest BCUT2D eigenvalue weighted by Crippen LogP contribution is 2.30. The first-order chi connectivity index (χ1) is 10.1. The monoisotopic (exact) mass is 347 g/mol. The minimum atomic E-state index is -0.482. The Morgan fingerprint density at radius 1 is 1.14 bits per heavy atom. The van der Waals surface area contributed by atoms with Gasteiger partial charge in [0.2, 0.25) is 0 Å². The number of benzene rings is 2. The second-order valence-corrected chi connectivity index (χ2v) is 5.63. The third-order valence-corrected chi connectivity index (χ3v) is 4.11. The number of para-hydroxylation sites is 1. The predicted octanol–water partition coefficient (Wildman–Crippen LogP) is 3.99. The van der Waals surface area contributed by atoms with Gasteiger partial charge in [-0.15, -0.1) is 0 Å². The molecule has 2 atom stereocenters. The smallest absolute Gasteiger partial charge is 0.181 e. The van der Waals surface area contributed by atoms with Crippen molar-refractivity contribution >= 4 is 27.4 Å². The highest BCUT2D eigenvalue weighted by atomic mass is 79.9. The Bertz CT molecular complexity index is 601. The lowest BCUT2D eigenvalue weighted by Gasteiger charge is -2.22. The van der Waals surface area contributed by atoms with Gasteiger partial charge in [-0.2, -0.15) is 0 Å². The molecule has 0 aromatic heterocycles. The molecule has 3 nitrogen and oxygen atoms in total. The number of ether oxygens (including phenoxy) is 1. The van der Waals surface area contributed by atoms with Crippen molar-refractivity contribution in [2.75, 3.05) is 12.3 Å². The van der Waals surface area contributed by atoms with Crippen LogP contribution in [-0.4, -0.2) is 17.2 Å². The van der Waals surface area contributed by atoms with Crippen LogP contribution in [0.2, 0.25) is 0 Å². The molecule has 0 aliphatic heterocycles. The van der Waals surface area contributed by atoms with Crippen LogP contribution in [0.4, 0.5) is 5.69 Å². The Morgan fingerprint density at radius 3 is 2.38 bits per heavy atom. The fourth-order valence-corrected chi connectivity index (χ4v) is 2.88. The molecular formula is C17H18BrNO2. The number of carbonyl (C=O) groups is 1. The van der Waals surface area contributed by atoms with Crippen molar-refractivity contribution in [3.8, 4) is 0 Å². The van der Waals surface area contributed by atoms with Gasteiger partial charge in [0.15, 0.2) is 5.78 Å². The summed E-state index contributed by atoms with van der Waals surface area (Å²) < 4.78 is 5.76. The summed E-state index contributed by atoms with van der Waals surface area (Å²) in [6.07, 6.45) is -0.344. The number of halogens is 1. The second kappa shape index (κ2) is 7.38. The van der Waals surface area contributed by atoms with E-state index in [1.807, 2.05) is 49.4 Å². The van der Waals surface area contributed by atoms with Crippen LogP contribution in [0.3, 0.4) is 0 Å². The first kappa shape index (κ1) is 15.7. The Kier molecular flexibility index (Phi) is 5.53. The SMILES string of the molecule is CCOC(c1ccccc1)C(Br)C(=O)c1ccccc1N. The lowest BCUT2D eigenvalue weighted by molar-refractivity contribution is 0.0554. The average molecular weight is 348 g/mol. The number of anilines is 1. The van der Waals surface area contributed by atoms with Crippen molar-refractivity contribution in [3.05, 3.63) is 65.7 Å². The van der Waals surface area contributed by atoms with E-state index in [0.717, 1.165) is 5.56 Å². The maximum absolute atomic E-state index is 12.6. The van der Waals surface area contributed by atoms with E-state index in [1.54, 1.807) is 12.1 Å². The summed E-state index contributed by atoms with van der Waals surface area (Å²) in [6.45, 7) is 2.44. The number of Topliss-reactive ketones (excluding diaryl/α,β-unsaturated/α-hetero) is 1. The molecule has 0 aliphatic carbocycles. The third kappa shape index (κ3) is 3.71. The minimum absolute atomic E-state index is 0.0737. The van der Waals surface area contributed by atoms with Gasteiger partial charge < -0.3 is 10.5 Å². The minimum Gasteiger partial charge on any atom is -0.398 e. The molecular weight excluding hydrogens is 330 g/mol. The number of hydrogen-bond acceptors (Lipinski definition) is 3. The highest BCUT2D eigenvalue weighted by molar-refractivity contribution is 9.10. The summed E-state index contributed by atoms with van der Waals surface area (Å²) in [5.41, 5.74) is 7.85. The van der Waals surface area contributed by atoms with Crippen molar-refractivity contribution in [1.82, 2.24) is 0 Å². The molecule has 4 heteroatoms. The summed E-state index contributed by atoms with van der Waals surface area (Å²) in [5, 5.41) is 0. The van der Waals surface area contributed by atoms with Crippen LogP contribution < -0.4 is 5.73 Å². The average Bonchev–Trinajstić information content (AvgIpc) is 2.52. The Morgan fingerprint density at radius 2 is 1.76 bits per heavy atom. The topological polar surface area (TPSA) is 52.3 Å². The molecule has 0 amide bonds. The fourth-order valence-electron chi connectivity index (χ4n) is 2.18. The van der Waals surface area contributed by atoms with Gasteiger partial charge in [-0.1, -0.05) is 58.4 Å². The van der Waals surface area contributed by atoms with Gasteiger partial charge in [0.25, 0.3) is 0 Å². The van der Waals surface area contributed by atoms with E-state index in [4.69, 9.17) is 10.5 Å². The summed E-state index contributed by atoms with van der Waals surface area (Å²) in [5.74, 6) is -0.0737. The van der Waals surface area contributed by atoms with Crippen molar-refractivity contribution in [2.45, 2.75) is 17.9 Å². The quantitative estimate of drug-likeness (QED) is 0.488. The van der Waals surface area contributed by atoms with E-state index in [1.165, 1.54) is 0 Å². The molecule has 0 spiro atoms. The molecule has 2 N–H and O–H groups in total. The summed E-state index contributed by atoms with van der Waals surface area (Å²) in [6, 6.07) is 16.8. The molecule has 0 radical (unpaired) electrons. The van der Waals surface area contributed by atoms with Crippen LogP contribution in [0.15, 0.2) is 54.6 Å². The molecule has 21 heavy (non-hydrogen) atoms. The van der Waals surface area contributed by atoms with E-state index in [-0.39, 0.29) is 11.9 Å². The summed E-state index contributed by atoms with van der Waals surface area (Å²) in [7, 11) is 0. The number of ketones is 1. The standard InChI is InChI=1S/C17H18BrNO2/c1-2-21-17(12-8-4-3-5-9-12)15(18)16(20)13-10-6-7-11-14(13)19/h3-11,15,17H,2,19H2,1H3. The lowest BCUT2D eigenvalue weighted by atomic mass is 9.99. The molecule has 2 aromatic carbocycles. The van der Waals surface area contributed by atoms with E-state index in [9.17, 15) is 4.79 Å².